The van der Waals surface area contributed by atoms with E-state index in [4.69, 9.17) is 0 Å². The summed E-state index contributed by atoms with van der Waals surface area (Å²) in [6.45, 7) is 2.96. The number of ether oxygens (including phenoxy) is 2. The van der Waals surface area contributed by atoms with E-state index in [1.165, 1.54) is 0 Å². The Morgan fingerprint density at radius 1 is 1.67 bits per heavy atom. The molecule has 0 N–H and O–H groups in total. The van der Waals surface area contributed by atoms with Crippen LogP contribution in [0.3, 0.4) is 0 Å². The minimum Gasteiger partial charge on any atom is -0.430 e. The van der Waals surface area contributed by atoms with Crippen LogP contribution in [0.5, 0.6) is 0 Å². The third kappa shape index (κ3) is 4.53. The summed E-state index contributed by atoms with van der Waals surface area (Å²) < 4.78 is 8.26. The molecule has 0 amide bonds. The molecule has 0 aromatic rings. The van der Waals surface area contributed by atoms with Gasteiger partial charge in [0.15, 0.2) is 0 Å². The molecular formula is C5H6O4. The predicted octanol–water partition coefficient (Wildman–Crippen LogP) is -0.154. The third-order valence-electron chi connectivity index (χ3n) is 0.504. The summed E-state index contributed by atoms with van der Waals surface area (Å²) >= 11 is 0. The van der Waals surface area contributed by atoms with Crippen molar-refractivity contribution < 1.29 is 19.1 Å². The van der Waals surface area contributed by atoms with Crippen molar-refractivity contribution in [1.29, 1.82) is 0 Å². The molecule has 0 aliphatic carbocycles. The van der Waals surface area contributed by atoms with E-state index >= 15 is 0 Å². The van der Waals surface area contributed by atoms with Gasteiger partial charge in [-0.15, -0.1) is 0 Å². The first-order valence-electron chi connectivity index (χ1n) is 2.15. The van der Waals surface area contributed by atoms with Gasteiger partial charge in [0.05, 0.1) is 0 Å². The van der Waals surface area contributed by atoms with Gasteiger partial charge in [0.2, 0.25) is 6.79 Å². The molecule has 9 heavy (non-hydrogen) atoms. The summed E-state index contributed by atoms with van der Waals surface area (Å²) in [6, 6.07) is 0. The van der Waals surface area contributed by atoms with Crippen LogP contribution in [0.4, 0.5) is 0 Å². The minimum atomic E-state index is -0.614. The fraction of sp³-hybridized carbons (Fsp3) is 0.200. The van der Waals surface area contributed by atoms with Crippen molar-refractivity contribution >= 4 is 12.4 Å². The van der Waals surface area contributed by atoms with Crippen LogP contribution in [-0.2, 0) is 19.1 Å². The van der Waals surface area contributed by atoms with Crippen molar-refractivity contribution in [2.75, 3.05) is 6.79 Å². The summed E-state index contributed by atoms with van der Waals surface area (Å²) in [7, 11) is 0. The zero-order valence-corrected chi connectivity index (χ0v) is 4.70. The van der Waals surface area contributed by atoms with Crippen LogP contribution in [0.25, 0.3) is 0 Å². The fourth-order valence-corrected chi connectivity index (χ4v) is 0.179. The van der Waals surface area contributed by atoms with Crippen LogP contribution in [0.1, 0.15) is 0 Å². The molecule has 0 heterocycles. The molecule has 0 atom stereocenters. The molecular weight excluding hydrogens is 124 g/mol. The maximum atomic E-state index is 10.2. The van der Waals surface area contributed by atoms with E-state index in [0.29, 0.717) is 0 Å². The first-order valence-corrected chi connectivity index (χ1v) is 2.15. The lowest BCUT2D eigenvalue weighted by Crippen LogP contribution is -2.03. The summed E-state index contributed by atoms with van der Waals surface area (Å²) in [6.07, 6.45) is 0.980. The third-order valence-corrected chi connectivity index (χ3v) is 0.504. The first-order chi connectivity index (χ1) is 4.31. The molecule has 0 saturated heterocycles. The number of rotatable bonds is 4. The standard InChI is InChI=1S/C5H6O4/c1-2-5(7)9-4-8-3-6/h2-3H,1,4H2. The number of carbonyl (C=O) groups is 2. The lowest BCUT2D eigenvalue weighted by Gasteiger charge is -1.96. The topological polar surface area (TPSA) is 52.6 Å². The Bertz CT molecular complexity index is 118. The Hall–Kier alpha value is -1.32. The van der Waals surface area contributed by atoms with Gasteiger partial charge in [0.1, 0.15) is 0 Å². The van der Waals surface area contributed by atoms with Crippen molar-refractivity contribution in [3.8, 4) is 0 Å². The lowest BCUT2D eigenvalue weighted by atomic mass is 10.7. The van der Waals surface area contributed by atoms with Crippen LogP contribution in [0.15, 0.2) is 12.7 Å². The van der Waals surface area contributed by atoms with Gasteiger partial charge in [-0.05, 0) is 0 Å². The monoisotopic (exact) mass is 130 g/mol. The van der Waals surface area contributed by atoms with Crippen molar-refractivity contribution in [3.63, 3.8) is 0 Å². The van der Waals surface area contributed by atoms with E-state index in [1.807, 2.05) is 0 Å². The molecule has 0 radical (unpaired) electrons. The predicted molar refractivity (Wildman–Crippen MR) is 28.3 cm³/mol. The normalized spacial score (nSPS) is 7.56. The van der Waals surface area contributed by atoms with Gasteiger partial charge >= 0.3 is 5.97 Å². The molecule has 4 heteroatoms. The van der Waals surface area contributed by atoms with Gasteiger partial charge in [-0.25, -0.2) is 4.79 Å². The van der Waals surface area contributed by atoms with E-state index in [0.717, 1.165) is 6.08 Å². The van der Waals surface area contributed by atoms with E-state index in [2.05, 4.69) is 16.1 Å². The van der Waals surface area contributed by atoms with Crippen LogP contribution in [0, 0.1) is 0 Å². The molecule has 0 aliphatic rings. The van der Waals surface area contributed by atoms with E-state index < -0.39 is 5.97 Å². The Morgan fingerprint density at radius 3 is 2.78 bits per heavy atom. The van der Waals surface area contributed by atoms with Crippen molar-refractivity contribution in [3.05, 3.63) is 12.7 Å². The number of hydrogen-bond acceptors (Lipinski definition) is 4. The van der Waals surface area contributed by atoms with Gasteiger partial charge in [0.25, 0.3) is 6.47 Å². The van der Waals surface area contributed by atoms with Crippen LogP contribution >= 0.6 is 0 Å². The van der Waals surface area contributed by atoms with Gasteiger partial charge in [-0.3, -0.25) is 4.79 Å². The molecule has 0 rings (SSSR count). The highest BCUT2D eigenvalue weighted by Gasteiger charge is 1.91. The van der Waals surface area contributed by atoms with E-state index in [9.17, 15) is 9.59 Å². The summed E-state index contributed by atoms with van der Waals surface area (Å²) in [5, 5.41) is 0. The molecule has 0 aromatic heterocycles. The van der Waals surface area contributed by atoms with Gasteiger partial charge < -0.3 is 9.47 Å². The molecule has 50 valence electrons. The second-order valence-electron chi connectivity index (χ2n) is 1.05. The Morgan fingerprint density at radius 2 is 2.33 bits per heavy atom. The SMILES string of the molecule is C=CC(=O)OCOC=O. The van der Waals surface area contributed by atoms with E-state index in [-0.39, 0.29) is 13.3 Å². The summed E-state index contributed by atoms with van der Waals surface area (Å²) in [4.78, 5) is 19.6. The lowest BCUT2D eigenvalue weighted by molar-refractivity contribution is -0.155. The molecule has 0 aliphatic heterocycles. The highest BCUT2D eigenvalue weighted by Crippen LogP contribution is 1.77. The number of esters is 1. The second kappa shape index (κ2) is 4.83. The van der Waals surface area contributed by atoms with Crippen molar-refractivity contribution in [2.45, 2.75) is 0 Å². The highest BCUT2D eigenvalue weighted by molar-refractivity contribution is 5.81. The van der Waals surface area contributed by atoms with Crippen LogP contribution < -0.4 is 0 Å². The first kappa shape index (κ1) is 7.68. The molecule has 0 spiro atoms. The quantitative estimate of drug-likeness (QED) is 0.174. The van der Waals surface area contributed by atoms with Crippen molar-refractivity contribution in [1.82, 2.24) is 0 Å². The summed E-state index contributed by atoms with van der Waals surface area (Å²) in [5.41, 5.74) is 0. The molecule has 0 unspecified atom stereocenters. The van der Waals surface area contributed by atoms with Crippen molar-refractivity contribution in [2.24, 2.45) is 0 Å². The Kier molecular flexibility index (Phi) is 4.12. The smallest absolute Gasteiger partial charge is 0.333 e. The average molecular weight is 130 g/mol. The number of carbonyl (C=O) groups excluding carboxylic acids is 2. The minimum absolute atomic E-state index is 0.191. The average Bonchev–Trinajstić information content (AvgIpc) is 1.89. The molecule has 0 fully saturated rings. The van der Waals surface area contributed by atoms with E-state index in [1.54, 1.807) is 0 Å². The largest absolute Gasteiger partial charge is 0.430 e. The number of hydrogen-bond donors (Lipinski definition) is 0. The van der Waals surface area contributed by atoms with Crippen LogP contribution in [-0.4, -0.2) is 19.2 Å². The Labute approximate surface area is 52.1 Å². The molecule has 0 bridgehead atoms. The maximum absolute atomic E-state index is 10.2. The molecule has 0 saturated carbocycles. The second-order valence-corrected chi connectivity index (χ2v) is 1.05. The summed E-state index contributed by atoms with van der Waals surface area (Å²) in [5.74, 6) is -0.614. The van der Waals surface area contributed by atoms with Gasteiger partial charge in [-0.2, -0.15) is 0 Å². The van der Waals surface area contributed by atoms with Gasteiger partial charge in [-0.1, -0.05) is 6.58 Å². The van der Waals surface area contributed by atoms with Gasteiger partial charge in [0, 0.05) is 6.08 Å². The fourth-order valence-electron chi connectivity index (χ4n) is 0.179. The molecule has 0 aromatic carbocycles. The maximum Gasteiger partial charge on any atom is 0.333 e. The zero-order chi connectivity index (χ0) is 7.11. The molecule has 4 nitrogen and oxygen atoms in total. The zero-order valence-electron chi connectivity index (χ0n) is 4.70. The van der Waals surface area contributed by atoms with Crippen LogP contribution in [0.2, 0.25) is 0 Å². The highest BCUT2D eigenvalue weighted by atomic mass is 16.7. The Balaban J connectivity index is 3.16.